The molecule has 0 aliphatic heterocycles. The fourth-order valence-electron chi connectivity index (χ4n) is 3.40. The highest BCUT2D eigenvalue weighted by molar-refractivity contribution is 7.55. The summed E-state index contributed by atoms with van der Waals surface area (Å²) < 4.78 is 36.2. The Bertz CT molecular complexity index is 1390. The van der Waals surface area contributed by atoms with E-state index < -0.39 is 44.0 Å². The number of nitrogens with zero attached hydrogens (tertiary/aromatic N) is 2. The molecular weight excluding hydrogens is 555 g/mol. The van der Waals surface area contributed by atoms with Crippen molar-refractivity contribution in [2.24, 2.45) is 0 Å². The van der Waals surface area contributed by atoms with Gasteiger partial charge in [0.2, 0.25) is 5.88 Å². The van der Waals surface area contributed by atoms with Gasteiger partial charge in [-0.1, -0.05) is 30.3 Å². The number of aromatic nitrogens is 2. The predicted octanol–water partition coefficient (Wildman–Crippen LogP) is 4.38. The van der Waals surface area contributed by atoms with Crippen molar-refractivity contribution in [1.82, 2.24) is 20.0 Å². The molecule has 0 spiro atoms. The fourth-order valence-corrected chi connectivity index (χ4v) is 5.23. The van der Waals surface area contributed by atoms with Gasteiger partial charge in [-0.25, -0.2) is 24.2 Å². The van der Waals surface area contributed by atoms with Gasteiger partial charge >= 0.3 is 25.8 Å². The van der Waals surface area contributed by atoms with E-state index in [-0.39, 0.29) is 18.2 Å². The molecule has 0 aliphatic rings. The highest BCUT2D eigenvalue weighted by atomic mass is 31.2. The van der Waals surface area contributed by atoms with Crippen molar-refractivity contribution >= 4 is 25.8 Å². The fraction of sp³-hybridized carbons (Fsp3) is 0.333. The monoisotopic (exact) mass is 588 g/mol. The van der Waals surface area contributed by atoms with Crippen molar-refractivity contribution < 1.29 is 42.8 Å². The van der Waals surface area contributed by atoms with Crippen LogP contribution < -0.4 is 19.4 Å². The number of carboxylic acids is 1. The van der Waals surface area contributed by atoms with Gasteiger partial charge in [-0.15, -0.1) is 0 Å². The molecule has 3 aromatic rings. The number of nitrogens with one attached hydrogen (secondary N) is 2. The molecule has 2 aromatic carbocycles. The molecule has 0 saturated carbocycles. The van der Waals surface area contributed by atoms with Gasteiger partial charge in [0, 0.05) is 6.07 Å². The van der Waals surface area contributed by atoms with Crippen LogP contribution in [0.5, 0.6) is 11.6 Å². The van der Waals surface area contributed by atoms with Crippen molar-refractivity contribution in [2.75, 3.05) is 0 Å². The maximum absolute atomic E-state index is 13.5. The largest absolute Gasteiger partial charge is 0.515 e. The van der Waals surface area contributed by atoms with E-state index in [4.69, 9.17) is 18.7 Å². The lowest BCUT2D eigenvalue weighted by Crippen LogP contribution is -2.43. The predicted molar refractivity (Wildman–Crippen MR) is 148 cm³/mol. The van der Waals surface area contributed by atoms with E-state index in [1.165, 1.54) is 30.7 Å². The van der Waals surface area contributed by atoms with Crippen LogP contribution in [0, 0.1) is 6.92 Å². The number of carboxylic acid groups (broad SMARTS) is 1. The second-order valence-corrected chi connectivity index (χ2v) is 11.1. The minimum absolute atomic E-state index is 0.101. The summed E-state index contributed by atoms with van der Waals surface area (Å²) in [7, 11) is -4.11. The second-order valence-electron chi connectivity index (χ2n) is 9.32. The molecule has 13 nitrogen and oxygen atoms in total. The number of hydrogen-bond acceptors (Lipinski definition) is 9. The number of rotatable bonds is 13. The van der Waals surface area contributed by atoms with E-state index >= 15 is 0 Å². The molecule has 0 amide bonds. The van der Waals surface area contributed by atoms with E-state index in [1.54, 1.807) is 39.0 Å². The number of hydrogen-bond donors (Lipinski definition) is 3. The summed E-state index contributed by atoms with van der Waals surface area (Å²) in [5.74, 6) is -1.66. The minimum atomic E-state index is -4.11. The van der Waals surface area contributed by atoms with Crippen LogP contribution in [0.1, 0.15) is 39.0 Å². The zero-order valence-corrected chi connectivity index (χ0v) is 24.2. The van der Waals surface area contributed by atoms with Crippen molar-refractivity contribution in [3.63, 3.8) is 0 Å². The molecule has 1 unspecified atom stereocenters. The van der Waals surface area contributed by atoms with Crippen LogP contribution in [0.4, 0.5) is 4.79 Å². The molecule has 14 heteroatoms. The van der Waals surface area contributed by atoms with Gasteiger partial charge in [-0.05, 0) is 64.4 Å². The Morgan fingerprint density at radius 3 is 2.22 bits per heavy atom. The van der Waals surface area contributed by atoms with Crippen LogP contribution in [-0.4, -0.2) is 51.2 Å². The van der Waals surface area contributed by atoms with Crippen molar-refractivity contribution in [3.05, 3.63) is 71.9 Å². The number of aryl methyl sites for hydroxylation is 1. The van der Waals surface area contributed by atoms with E-state index in [1.807, 2.05) is 30.3 Å². The highest BCUT2D eigenvalue weighted by Crippen LogP contribution is 2.40. The van der Waals surface area contributed by atoms with E-state index in [0.29, 0.717) is 16.9 Å². The first-order valence-electron chi connectivity index (χ1n) is 12.7. The number of carbonyl (C=O) groups is 3. The number of ether oxygens (including phenoxy) is 3. The number of para-hydroxylation sites is 1. The van der Waals surface area contributed by atoms with Crippen LogP contribution in [0.15, 0.2) is 60.7 Å². The standard InChI is InChI=1S/C27H33N4O9P/c1-17(2)38-26(34)20(5)30-41(36,29-19(4)25(32)33)40-23-13-11-21(12-14-23)16-37-27(35)39-24-15-18(3)28-31(24)22-9-7-6-8-10-22/h6-15,17,19-20H,16H2,1-5H3,(H,32,33)(H2,29,30,36)/t19-,20-,41?/m0/s1. The van der Waals surface area contributed by atoms with Crippen molar-refractivity contribution in [2.45, 2.75) is 59.4 Å². The van der Waals surface area contributed by atoms with Gasteiger partial charge < -0.3 is 23.8 Å². The summed E-state index contributed by atoms with van der Waals surface area (Å²) in [4.78, 5) is 35.9. The zero-order valence-electron chi connectivity index (χ0n) is 23.3. The Balaban J connectivity index is 1.63. The molecule has 0 bridgehead atoms. The number of aliphatic carboxylic acids is 1. The van der Waals surface area contributed by atoms with Gasteiger partial charge in [-0.3, -0.25) is 9.59 Å². The van der Waals surface area contributed by atoms with Gasteiger partial charge in [0.25, 0.3) is 0 Å². The van der Waals surface area contributed by atoms with E-state index in [9.17, 15) is 24.1 Å². The number of benzene rings is 2. The van der Waals surface area contributed by atoms with Crippen LogP contribution in [0.25, 0.3) is 5.69 Å². The summed E-state index contributed by atoms with van der Waals surface area (Å²) in [6.07, 6.45) is -1.34. The van der Waals surface area contributed by atoms with Crippen LogP contribution in [-0.2, 0) is 30.2 Å². The molecule has 41 heavy (non-hydrogen) atoms. The summed E-state index contributed by atoms with van der Waals surface area (Å²) in [5, 5.41) is 18.5. The van der Waals surface area contributed by atoms with Gasteiger partial charge in [-0.2, -0.15) is 5.10 Å². The average Bonchev–Trinajstić information content (AvgIpc) is 3.27. The van der Waals surface area contributed by atoms with Crippen molar-refractivity contribution in [1.29, 1.82) is 0 Å². The van der Waals surface area contributed by atoms with Gasteiger partial charge in [0.1, 0.15) is 24.4 Å². The highest BCUT2D eigenvalue weighted by Gasteiger charge is 2.34. The number of carbonyl (C=O) groups excluding carboxylic acids is 2. The topological polar surface area (TPSA) is 167 Å². The second kappa shape index (κ2) is 13.9. The Morgan fingerprint density at radius 2 is 1.61 bits per heavy atom. The SMILES string of the molecule is Cc1cc(OC(=O)OCc2ccc(OP(=O)(N[C@@H](C)C(=O)O)N[C@@H](C)C(=O)OC(C)C)cc2)n(-c2ccccc2)n1. The first kappa shape index (κ1) is 31.3. The maximum Gasteiger partial charge on any atom is 0.515 e. The van der Waals surface area contributed by atoms with Crippen LogP contribution in [0.2, 0.25) is 0 Å². The Hall–Kier alpha value is -4.19. The average molecular weight is 589 g/mol. The molecule has 1 heterocycles. The first-order valence-corrected chi connectivity index (χ1v) is 14.3. The zero-order chi connectivity index (χ0) is 30.2. The van der Waals surface area contributed by atoms with Crippen LogP contribution in [0.3, 0.4) is 0 Å². The third-order valence-electron chi connectivity index (χ3n) is 5.30. The van der Waals surface area contributed by atoms with E-state index in [0.717, 1.165) is 0 Å². The quantitative estimate of drug-likeness (QED) is 0.191. The lowest BCUT2D eigenvalue weighted by atomic mass is 10.2. The maximum atomic E-state index is 13.5. The summed E-state index contributed by atoms with van der Waals surface area (Å²) in [6.45, 7) is 7.66. The lowest BCUT2D eigenvalue weighted by Gasteiger charge is -2.26. The molecule has 1 aromatic heterocycles. The van der Waals surface area contributed by atoms with Crippen molar-refractivity contribution in [3.8, 4) is 17.3 Å². The Labute approximate surface area is 237 Å². The normalized spacial score (nSPS) is 14.0. The Kier molecular flexibility index (Phi) is 10.6. The lowest BCUT2D eigenvalue weighted by molar-refractivity contribution is -0.149. The Morgan fingerprint density at radius 1 is 0.976 bits per heavy atom. The molecule has 0 fully saturated rings. The van der Waals surface area contributed by atoms with Crippen LogP contribution >= 0.6 is 7.67 Å². The summed E-state index contributed by atoms with van der Waals surface area (Å²) >= 11 is 0. The molecule has 220 valence electrons. The summed E-state index contributed by atoms with van der Waals surface area (Å²) in [6, 6.07) is 14.5. The molecule has 3 atom stereocenters. The molecule has 0 saturated heterocycles. The third-order valence-corrected chi connectivity index (χ3v) is 7.23. The summed E-state index contributed by atoms with van der Waals surface area (Å²) in [5.41, 5.74) is 1.92. The van der Waals surface area contributed by atoms with Gasteiger partial charge in [0.15, 0.2) is 0 Å². The molecule has 3 N–H and O–H groups in total. The number of esters is 1. The third kappa shape index (κ3) is 9.45. The van der Waals surface area contributed by atoms with E-state index in [2.05, 4.69) is 15.3 Å². The first-order chi connectivity index (χ1) is 19.3. The molecule has 3 rings (SSSR count). The van der Waals surface area contributed by atoms with Gasteiger partial charge in [0.05, 0.1) is 17.5 Å². The minimum Gasteiger partial charge on any atom is -0.480 e. The molecule has 0 radical (unpaired) electrons. The molecule has 0 aliphatic carbocycles. The molecular formula is C27H33N4O9P. The smallest absolute Gasteiger partial charge is 0.480 e.